The van der Waals surface area contributed by atoms with Crippen LogP contribution in [-0.4, -0.2) is 14.3 Å². The van der Waals surface area contributed by atoms with Gasteiger partial charge in [-0.15, -0.1) is 0 Å². The van der Waals surface area contributed by atoms with Gasteiger partial charge in [0, 0.05) is 6.08 Å². The third-order valence-electron chi connectivity index (χ3n) is 6.03. The van der Waals surface area contributed by atoms with Crippen molar-refractivity contribution in [2.45, 2.75) is 25.2 Å². The third-order valence-corrected chi connectivity index (χ3v) is 7.40. The Morgan fingerprint density at radius 1 is 0.730 bits per heavy atom. The first kappa shape index (κ1) is 25.9. The zero-order valence-corrected chi connectivity index (χ0v) is 21.7. The smallest absolute Gasteiger partial charge is 0.264 e. The van der Waals surface area contributed by atoms with Crippen LogP contribution in [0.1, 0.15) is 41.2 Å². The van der Waals surface area contributed by atoms with E-state index in [1.807, 2.05) is 67.6 Å². The second-order valence-electron chi connectivity index (χ2n) is 8.68. The molecule has 0 atom stereocenters. The van der Waals surface area contributed by atoms with E-state index in [0.29, 0.717) is 0 Å². The number of carbonyl (C=O) groups excluding carboxylic acids is 1. The highest BCUT2D eigenvalue weighted by atomic mass is 32.2. The van der Waals surface area contributed by atoms with Gasteiger partial charge in [-0.25, -0.2) is 13.1 Å². The fraction of sp³-hybridized carbons (Fsp3) is 0.0938. The van der Waals surface area contributed by atoms with Crippen molar-refractivity contribution >= 4 is 33.2 Å². The molecule has 4 nitrogen and oxygen atoms in total. The minimum absolute atomic E-state index is 0.0505. The van der Waals surface area contributed by atoms with E-state index in [1.54, 1.807) is 18.2 Å². The third kappa shape index (κ3) is 6.51. The molecule has 0 heterocycles. The highest BCUT2D eigenvalue weighted by molar-refractivity contribution is 7.90. The number of nitrogens with one attached hydrogen (secondary N) is 1. The summed E-state index contributed by atoms with van der Waals surface area (Å²) in [4.78, 5) is 12.4. The van der Waals surface area contributed by atoms with Crippen molar-refractivity contribution in [2.75, 3.05) is 0 Å². The van der Waals surface area contributed by atoms with Crippen LogP contribution >= 0.6 is 0 Å². The van der Waals surface area contributed by atoms with E-state index < -0.39 is 15.9 Å². The largest absolute Gasteiger partial charge is 0.269 e. The molecule has 0 aliphatic carbocycles. The molecule has 0 saturated carbocycles. The van der Waals surface area contributed by atoms with Gasteiger partial charge in [0.1, 0.15) is 0 Å². The number of rotatable bonds is 8. The zero-order valence-electron chi connectivity index (χ0n) is 20.9. The fourth-order valence-electron chi connectivity index (χ4n) is 4.16. The Morgan fingerprint density at radius 3 is 1.84 bits per heavy atom. The van der Waals surface area contributed by atoms with Gasteiger partial charge in [-0.05, 0) is 65.0 Å². The van der Waals surface area contributed by atoms with Crippen molar-refractivity contribution in [1.29, 1.82) is 0 Å². The van der Waals surface area contributed by atoms with E-state index in [9.17, 15) is 13.2 Å². The van der Waals surface area contributed by atoms with Crippen LogP contribution in [-0.2, 0) is 14.8 Å². The van der Waals surface area contributed by atoms with E-state index in [2.05, 4.69) is 35.9 Å². The minimum atomic E-state index is -3.92. The molecule has 4 rings (SSSR count). The van der Waals surface area contributed by atoms with Gasteiger partial charge in [0.05, 0.1) is 4.90 Å². The molecule has 0 fully saturated rings. The highest BCUT2D eigenvalue weighted by Crippen LogP contribution is 2.34. The summed E-state index contributed by atoms with van der Waals surface area (Å²) < 4.78 is 27.0. The quantitative estimate of drug-likeness (QED) is 0.209. The molecule has 186 valence electrons. The second-order valence-corrected chi connectivity index (χ2v) is 10.4. The van der Waals surface area contributed by atoms with Crippen molar-refractivity contribution in [3.05, 3.63) is 143 Å². The van der Waals surface area contributed by atoms with Gasteiger partial charge in [0.2, 0.25) is 0 Å². The normalized spacial score (nSPS) is 12.3. The van der Waals surface area contributed by atoms with Crippen molar-refractivity contribution in [1.82, 2.24) is 4.72 Å². The molecule has 0 unspecified atom stereocenters. The van der Waals surface area contributed by atoms with Crippen LogP contribution in [0.4, 0.5) is 0 Å². The number of benzene rings is 4. The topological polar surface area (TPSA) is 63.2 Å². The molecule has 37 heavy (non-hydrogen) atoms. The van der Waals surface area contributed by atoms with Crippen molar-refractivity contribution in [3.8, 4) is 0 Å². The summed E-state index contributed by atoms with van der Waals surface area (Å²) in [5.74, 6) is -0.702. The molecule has 0 radical (unpaired) electrons. The summed E-state index contributed by atoms with van der Waals surface area (Å²) in [6.45, 7) is 4.03. The Hall–Kier alpha value is -4.22. The molecule has 5 heteroatoms. The fourth-order valence-corrected chi connectivity index (χ4v) is 5.11. The average molecular weight is 508 g/mol. The number of hydrogen-bond acceptors (Lipinski definition) is 3. The van der Waals surface area contributed by atoms with Crippen molar-refractivity contribution in [3.63, 3.8) is 0 Å². The predicted octanol–water partition coefficient (Wildman–Crippen LogP) is 6.88. The maximum absolute atomic E-state index is 12.5. The monoisotopic (exact) mass is 507 g/mol. The van der Waals surface area contributed by atoms with Gasteiger partial charge in [0.15, 0.2) is 0 Å². The van der Waals surface area contributed by atoms with E-state index in [-0.39, 0.29) is 4.90 Å². The van der Waals surface area contributed by atoms with Crippen molar-refractivity contribution in [2.24, 2.45) is 0 Å². The lowest BCUT2D eigenvalue weighted by Crippen LogP contribution is -2.28. The Labute approximate surface area is 219 Å². The second kappa shape index (κ2) is 11.7. The van der Waals surface area contributed by atoms with E-state index in [4.69, 9.17) is 0 Å². The van der Waals surface area contributed by atoms with E-state index >= 15 is 0 Å². The summed E-state index contributed by atoms with van der Waals surface area (Å²) in [5.41, 5.74) is 7.51. The first-order valence-electron chi connectivity index (χ1n) is 12.1. The number of hydrogen-bond donors (Lipinski definition) is 1. The lowest BCUT2D eigenvalue weighted by Gasteiger charge is -2.16. The molecule has 0 bridgehead atoms. The molecule has 1 N–H and O–H groups in total. The summed E-state index contributed by atoms with van der Waals surface area (Å²) >= 11 is 0. The molecular formula is C32H29NO3S. The predicted molar refractivity (Wildman–Crippen MR) is 151 cm³/mol. The first-order chi connectivity index (χ1) is 17.9. The Balaban J connectivity index is 1.59. The van der Waals surface area contributed by atoms with Gasteiger partial charge in [0.25, 0.3) is 15.9 Å². The van der Waals surface area contributed by atoms with Crippen LogP contribution in [0.5, 0.6) is 0 Å². The number of carbonyl (C=O) groups is 1. The summed E-state index contributed by atoms with van der Waals surface area (Å²) in [6, 6.07) is 34.9. The Kier molecular flexibility index (Phi) is 8.16. The van der Waals surface area contributed by atoms with Crippen LogP contribution in [0.3, 0.4) is 0 Å². The average Bonchev–Trinajstić information content (AvgIpc) is 2.92. The number of sulfonamides is 1. The summed E-state index contributed by atoms with van der Waals surface area (Å²) in [7, 11) is -3.92. The molecule has 0 aliphatic heterocycles. The number of allylic oxidation sites excluding steroid dienone is 1. The van der Waals surface area contributed by atoms with Gasteiger partial charge >= 0.3 is 0 Å². The Morgan fingerprint density at radius 2 is 1.27 bits per heavy atom. The van der Waals surface area contributed by atoms with Gasteiger partial charge < -0.3 is 0 Å². The lowest BCUT2D eigenvalue weighted by atomic mass is 9.88. The molecule has 0 spiro atoms. The molecule has 1 amide bonds. The summed E-state index contributed by atoms with van der Waals surface area (Å²) in [5, 5.41) is 0. The first-order valence-corrected chi connectivity index (χ1v) is 13.6. The molecule has 0 aliphatic rings. The lowest BCUT2D eigenvalue weighted by molar-refractivity contribution is -0.114. The molecule has 4 aromatic rings. The minimum Gasteiger partial charge on any atom is -0.269 e. The van der Waals surface area contributed by atoms with Crippen LogP contribution in [0.25, 0.3) is 17.2 Å². The maximum Gasteiger partial charge on any atom is 0.264 e. The van der Waals surface area contributed by atoms with Crippen molar-refractivity contribution < 1.29 is 13.2 Å². The van der Waals surface area contributed by atoms with E-state index in [0.717, 1.165) is 34.2 Å². The molecule has 4 aromatic carbocycles. The SMILES string of the molecule is CCC(=C(c1ccccc1)c1ccc(C=CC(=O)NS(=O)(=O)c2ccc(C)cc2)cc1)c1ccccc1. The van der Waals surface area contributed by atoms with Gasteiger partial charge in [-0.3, -0.25) is 4.79 Å². The highest BCUT2D eigenvalue weighted by Gasteiger charge is 2.16. The summed E-state index contributed by atoms with van der Waals surface area (Å²) in [6.07, 6.45) is 3.70. The maximum atomic E-state index is 12.5. The Bertz CT molecular complexity index is 1520. The molecule has 0 aromatic heterocycles. The van der Waals surface area contributed by atoms with Crippen LogP contribution < -0.4 is 4.72 Å². The van der Waals surface area contributed by atoms with Gasteiger partial charge in [-0.1, -0.05) is 110 Å². The standard InChI is InChI=1S/C32H29NO3S/c1-3-30(26-10-6-4-7-11-26)32(27-12-8-5-9-13-27)28-19-16-25(17-20-28)18-23-31(34)33-37(35,36)29-21-14-24(2)15-22-29/h4-23H,3H2,1-2H3,(H,33,34). The van der Waals surface area contributed by atoms with E-state index in [1.165, 1.54) is 29.3 Å². The number of amides is 1. The van der Waals surface area contributed by atoms with Gasteiger partial charge in [-0.2, -0.15) is 0 Å². The molecular weight excluding hydrogens is 478 g/mol. The number of aryl methyl sites for hydroxylation is 1. The van der Waals surface area contributed by atoms with Crippen LogP contribution in [0.2, 0.25) is 0 Å². The van der Waals surface area contributed by atoms with Crippen LogP contribution in [0, 0.1) is 6.92 Å². The zero-order chi connectivity index (χ0) is 26.3. The van der Waals surface area contributed by atoms with Crippen LogP contribution in [0.15, 0.2) is 120 Å². The molecule has 0 saturated heterocycles.